The molecule has 108 valence electrons. The third-order valence-electron chi connectivity index (χ3n) is 3.82. The van der Waals surface area contributed by atoms with Crippen LogP contribution in [0, 0.1) is 11.8 Å². The number of nitrogens with one attached hydrogen (secondary N) is 2. The molecule has 2 N–H and O–H groups in total. The second kappa shape index (κ2) is 8.12. The van der Waals surface area contributed by atoms with Crippen LogP contribution in [-0.2, 0) is 10.0 Å². The Morgan fingerprint density at radius 1 is 1.11 bits per heavy atom. The van der Waals surface area contributed by atoms with Crippen molar-refractivity contribution in [3.63, 3.8) is 0 Å². The van der Waals surface area contributed by atoms with Gasteiger partial charge in [0.05, 0.1) is 5.75 Å². The topological polar surface area (TPSA) is 58.2 Å². The summed E-state index contributed by atoms with van der Waals surface area (Å²) in [6.07, 6.45) is 6.48. The Morgan fingerprint density at radius 2 is 1.78 bits per heavy atom. The Bertz CT molecular complexity index is 309. The Labute approximate surface area is 112 Å². The van der Waals surface area contributed by atoms with Gasteiger partial charge in [0.2, 0.25) is 10.0 Å². The molecule has 1 rings (SSSR count). The predicted octanol–water partition coefficient (Wildman–Crippen LogP) is 1.73. The van der Waals surface area contributed by atoms with Gasteiger partial charge in [-0.15, -0.1) is 0 Å². The van der Waals surface area contributed by atoms with Crippen LogP contribution in [0.1, 0.15) is 45.4 Å². The maximum atomic E-state index is 11.8. The summed E-state index contributed by atoms with van der Waals surface area (Å²) in [7, 11) is -1.17. The zero-order chi connectivity index (χ0) is 13.4. The van der Waals surface area contributed by atoms with Crippen molar-refractivity contribution in [1.29, 1.82) is 0 Å². The molecule has 4 nitrogen and oxygen atoms in total. The van der Waals surface area contributed by atoms with E-state index in [1.165, 1.54) is 25.7 Å². The van der Waals surface area contributed by atoms with Crippen molar-refractivity contribution in [2.75, 3.05) is 25.9 Å². The Hall–Kier alpha value is -0.130. The molecule has 0 unspecified atom stereocenters. The van der Waals surface area contributed by atoms with E-state index < -0.39 is 10.0 Å². The van der Waals surface area contributed by atoms with E-state index in [2.05, 4.69) is 17.0 Å². The normalized spacial score (nSPS) is 25.2. The highest BCUT2D eigenvalue weighted by Gasteiger charge is 2.20. The minimum atomic E-state index is -3.05. The molecule has 0 aromatic carbocycles. The third kappa shape index (κ3) is 6.71. The molecule has 0 spiro atoms. The lowest BCUT2D eigenvalue weighted by Gasteiger charge is -2.26. The first-order valence-corrected chi connectivity index (χ1v) is 8.80. The summed E-state index contributed by atoms with van der Waals surface area (Å²) in [5, 5.41) is 3.03. The first kappa shape index (κ1) is 15.9. The summed E-state index contributed by atoms with van der Waals surface area (Å²) in [4.78, 5) is 0. The summed E-state index contributed by atoms with van der Waals surface area (Å²) >= 11 is 0. The van der Waals surface area contributed by atoms with Gasteiger partial charge in [0.1, 0.15) is 0 Å². The van der Waals surface area contributed by atoms with E-state index in [1.54, 1.807) is 0 Å². The predicted molar refractivity (Wildman–Crippen MR) is 76.1 cm³/mol. The molecule has 5 heteroatoms. The van der Waals surface area contributed by atoms with Crippen molar-refractivity contribution in [2.24, 2.45) is 11.8 Å². The molecule has 0 amide bonds. The van der Waals surface area contributed by atoms with Gasteiger partial charge in [-0.1, -0.05) is 19.8 Å². The van der Waals surface area contributed by atoms with Crippen LogP contribution in [0.5, 0.6) is 0 Å². The number of sulfonamides is 1. The van der Waals surface area contributed by atoms with Crippen LogP contribution in [0.2, 0.25) is 0 Å². The molecule has 0 radical (unpaired) electrons. The first-order valence-electron chi connectivity index (χ1n) is 7.15. The second-order valence-corrected chi connectivity index (χ2v) is 7.53. The Balaban J connectivity index is 2.16. The zero-order valence-electron chi connectivity index (χ0n) is 11.7. The van der Waals surface area contributed by atoms with E-state index >= 15 is 0 Å². The van der Waals surface area contributed by atoms with Gasteiger partial charge in [-0.3, -0.25) is 0 Å². The third-order valence-corrected chi connectivity index (χ3v) is 5.25. The van der Waals surface area contributed by atoms with Gasteiger partial charge in [0, 0.05) is 6.54 Å². The van der Waals surface area contributed by atoms with Gasteiger partial charge in [0.25, 0.3) is 0 Å². The van der Waals surface area contributed by atoms with Gasteiger partial charge < -0.3 is 5.32 Å². The molecule has 1 saturated carbocycles. The van der Waals surface area contributed by atoms with Crippen LogP contribution < -0.4 is 10.0 Å². The highest BCUT2D eigenvalue weighted by atomic mass is 32.2. The van der Waals surface area contributed by atoms with Crippen LogP contribution in [0.3, 0.4) is 0 Å². The van der Waals surface area contributed by atoms with Gasteiger partial charge in [-0.2, -0.15) is 0 Å². The maximum Gasteiger partial charge on any atom is 0.211 e. The monoisotopic (exact) mass is 276 g/mol. The van der Waals surface area contributed by atoms with Crippen LogP contribution >= 0.6 is 0 Å². The molecule has 1 aliphatic rings. The average molecular weight is 276 g/mol. The average Bonchev–Trinajstić information content (AvgIpc) is 2.34. The molecule has 0 aliphatic heterocycles. The highest BCUT2D eigenvalue weighted by Crippen LogP contribution is 2.27. The molecule has 18 heavy (non-hydrogen) atoms. The van der Waals surface area contributed by atoms with Gasteiger partial charge in [0.15, 0.2) is 0 Å². The second-order valence-electron chi connectivity index (χ2n) is 5.60. The Kier molecular flexibility index (Phi) is 7.19. The van der Waals surface area contributed by atoms with Gasteiger partial charge in [-0.05, 0) is 51.1 Å². The smallest absolute Gasteiger partial charge is 0.211 e. The van der Waals surface area contributed by atoms with Crippen LogP contribution in [0.25, 0.3) is 0 Å². The lowest BCUT2D eigenvalue weighted by molar-refractivity contribution is 0.290. The summed E-state index contributed by atoms with van der Waals surface area (Å²) in [6.45, 7) is 3.80. The fraction of sp³-hybridized carbons (Fsp3) is 1.00. The molecular formula is C13H28N2O2S. The molecule has 0 heterocycles. The summed E-state index contributed by atoms with van der Waals surface area (Å²) in [5.41, 5.74) is 0. The van der Waals surface area contributed by atoms with Crippen LogP contribution in [0.15, 0.2) is 0 Å². The van der Waals surface area contributed by atoms with Crippen molar-refractivity contribution in [3.05, 3.63) is 0 Å². The van der Waals surface area contributed by atoms with Crippen molar-refractivity contribution in [1.82, 2.24) is 10.0 Å². The fourth-order valence-corrected chi connectivity index (χ4v) is 3.66. The van der Waals surface area contributed by atoms with E-state index in [0.29, 0.717) is 12.5 Å². The van der Waals surface area contributed by atoms with Crippen molar-refractivity contribution in [3.8, 4) is 0 Å². The summed E-state index contributed by atoms with van der Waals surface area (Å²) in [6, 6.07) is 0. The Morgan fingerprint density at radius 3 is 2.39 bits per heavy atom. The molecule has 0 aromatic heterocycles. The minimum Gasteiger partial charge on any atom is -0.320 e. The molecule has 1 fully saturated rings. The lowest BCUT2D eigenvalue weighted by Crippen LogP contribution is -2.32. The maximum absolute atomic E-state index is 11.8. The van der Waals surface area contributed by atoms with E-state index in [0.717, 1.165) is 25.3 Å². The number of unbranched alkanes of at least 4 members (excludes halogenated alkanes) is 1. The van der Waals surface area contributed by atoms with Crippen molar-refractivity contribution in [2.45, 2.75) is 45.4 Å². The standard InChI is InChI=1S/C13H28N2O2S/c1-12-5-7-13(8-6-12)11-15-18(16,17)10-4-3-9-14-2/h12-15H,3-11H2,1-2H3. The van der Waals surface area contributed by atoms with Gasteiger partial charge >= 0.3 is 0 Å². The number of hydrogen-bond acceptors (Lipinski definition) is 3. The summed E-state index contributed by atoms with van der Waals surface area (Å²) < 4.78 is 26.3. The summed E-state index contributed by atoms with van der Waals surface area (Å²) in [5.74, 6) is 1.63. The zero-order valence-corrected chi connectivity index (χ0v) is 12.6. The van der Waals surface area contributed by atoms with E-state index in [9.17, 15) is 8.42 Å². The molecule has 0 aromatic rings. The van der Waals surface area contributed by atoms with Crippen LogP contribution in [-0.4, -0.2) is 34.3 Å². The van der Waals surface area contributed by atoms with E-state index in [1.807, 2.05) is 7.05 Å². The highest BCUT2D eigenvalue weighted by molar-refractivity contribution is 7.89. The largest absolute Gasteiger partial charge is 0.320 e. The van der Waals surface area contributed by atoms with E-state index in [4.69, 9.17) is 0 Å². The van der Waals surface area contributed by atoms with Crippen LogP contribution in [0.4, 0.5) is 0 Å². The molecule has 0 atom stereocenters. The molecular weight excluding hydrogens is 248 g/mol. The lowest BCUT2D eigenvalue weighted by atomic mass is 9.83. The van der Waals surface area contributed by atoms with Crippen molar-refractivity contribution < 1.29 is 8.42 Å². The SMILES string of the molecule is CNCCCCS(=O)(=O)NCC1CCC(C)CC1. The fourth-order valence-electron chi connectivity index (χ4n) is 2.44. The quantitative estimate of drug-likeness (QED) is 0.664. The van der Waals surface area contributed by atoms with Crippen molar-refractivity contribution >= 4 is 10.0 Å². The molecule has 1 aliphatic carbocycles. The van der Waals surface area contributed by atoms with E-state index in [-0.39, 0.29) is 5.75 Å². The number of hydrogen-bond donors (Lipinski definition) is 2. The molecule has 0 bridgehead atoms. The molecule has 0 saturated heterocycles. The first-order chi connectivity index (χ1) is 8.53. The number of rotatable bonds is 8. The van der Waals surface area contributed by atoms with Gasteiger partial charge in [-0.25, -0.2) is 13.1 Å². The minimum absolute atomic E-state index is 0.262.